The Hall–Kier alpha value is -1.55. The zero-order valence-electron chi connectivity index (χ0n) is 7.47. The van der Waals surface area contributed by atoms with Gasteiger partial charge in [0.25, 0.3) is 5.91 Å². The third-order valence-corrected chi connectivity index (χ3v) is 2.44. The maximum atomic E-state index is 11.8. The Labute approximate surface area is 81.0 Å². The van der Waals surface area contributed by atoms with Crippen molar-refractivity contribution in [2.24, 2.45) is 0 Å². The lowest BCUT2D eigenvalue weighted by atomic mass is 10.1. The number of ether oxygens (including phenoxy) is 1. The summed E-state index contributed by atoms with van der Waals surface area (Å²) in [5.74, 6) is 0.554. The van der Waals surface area contributed by atoms with Crippen LogP contribution in [0.1, 0.15) is 16.8 Å². The zero-order chi connectivity index (χ0) is 9.54. The molecule has 0 N–H and O–H groups in total. The highest BCUT2D eigenvalue weighted by atomic mass is 16.7. The molecule has 14 heavy (non-hydrogen) atoms. The summed E-state index contributed by atoms with van der Waals surface area (Å²) in [6, 6.07) is 7.23. The Balaban J connectivity index is 2.08. The number of para-hydroxylation sites is 1. The molecule has 72 valence electrons. The quantitative estimate of drug-likeness (QED) is 0.618. The molecule has 1 amide bonds. The normalized spacial score (nSPS) is 24.1. The number of hydroxylamine groups is 2. The van der Waals surface area contributed by atoms with Crippen molar-refractivity contribution in [3.05, 3.63) is 29.8 Å². The number of carbonyl (C=O) groups is 1. The molecule has 0 spiro atoms. The van der Waals surface area contributed by atoms with Gasteiger partial charge in [0, 0.05) is 6.42 Å². The maximum Gasteiger partial charge on any atom is 0.284 e. The minimum absolute atomic E-state index is 0.102. The summed E-state index contributed by atoms with van der Waals surface area (Å²) in [6.45, 7) is 0.546. The summed E-state index contributed by atoms with van der Waals surface area (Å²) in [5.41, 5.74) is 0.575. The average Bonchev–Trinajstić information content (AvgIpc) is 2.66. The van der Waals surface area contributed by atoms with Crippen molar-refractivity contribution >= 4 is 5.91 Å². The molecule has 2 heterocycles. The lowest BCUT2D eigenvalue weighted by Gasteiger charge is -2.29. The standard InChI is InChI=1S/C10H9NO3/c12-10-7-3-1-2-4-8(7)14-9-5-6-13-11(9)10/h1-4,9H,5-6H2/t9-/m1/s1. The van der Waals surface area contributed by atoms with Crippen molar-refractivity contribution in [1.82, 2.24) is 5.06 Å². The van der Waals surface area contributed by atoms with Gasteiger partial charge in [-0.3, -0.25) is 9.63 Å². The van der Waals surface area contributed by atoms with E-state index in [4.69, 9.17) is 9.57 Å². The summed E-state index contributed by atoms with van der Waals surface area (Å²) in [6.07, 6.45) is 0.498. The maximum absolute atomic E-state index is 11.8. The molecular weight excluding hydrogens is 182 g/mol. The Morgan fingerprint density at radius 1 is 1.36 bits per heavy atom. The Morgan fingerprint density at radius 2 is 2.21 bits per heavy atom. The monoisotopic (exact) mass is 191 g/mol. The van der Waals surface area contributed by atoms with Gasteiger partial charge in [0.2, 0.25) is 6.23 Å². The van der Waals surface area contributed by atoms with Crippen LogP contribution in [0.25, 0.3) is 0 Å². The van der Waals surface area contributed by atoms with Gasteiger partial charge in [-0.1, -0.05) is 12.1 Å². The molecule has 0 saturated carbocycles. The van der Waals surface area contributed by atoms with E-state index in [0.717, 1.165) is 6.42 Å². The van der Waals surface area contributed by atoms with E-state index in [9.17, 15) is 4.79 Å². The molecular formula is C10H9NO3. The van der Waals surface area contributed by atoms with Crippen LogP contribution in [0.2, 0.25) is 0 Å². The third-order valence-electron chi connectivity index (χ3n) is 2.44. The Kier molecular flexibility index (Phi) is 1.52. The fraction of sp³-hybridized carbons (Fsp3) is 0.300. The molecule has 4 heteroatoms. The minimum atomic E-state index is -0.239. The second-order valence-corrected chi connectivity index (χ2v) is 3.32. The predicted molar refractivity (Wildman–Crippen MR) is 47.6 cm³/mol. The first-order valence-electron chi connectivity index (χ1n) is 4.58. The van der Waals surface area contributed by atoms with Gasteiger partial charge in [-0.2, -0.15) is 5.06 Å². The van der Waals surface area contributed by atoms with Gasteiger partial charge >= 0.3 is 0 Å². The van der Waals surface area contributed by atoms with Crippen molar-refractivity contribution in [2.45, 2.75) is 12.6 Å². The summed E-state index contributed by atoms with van der Waals surface area (Å²) in [7, 11) is 0. The van der Waals surface area contributed by atoms with Gasteiger partial charge in [-0.25, -0.2) is 0 Å². The number of hydrogen-bond donors (Lipinski definition) is 0. The van der Waals surface area contributed by atoms with Gasteiger partial charge < -0.3 is 4.74 Å². The summed E-state index contributed by atoms with van der Waals surface area (Å²) in [5, 5.41) is 1.32. The van der Waals surface area contributed by atoms with E-state index in [2.05, 4.69) is 0 Å². The number of amides is 1. The molecule has 1 saturated heterocycles. The van der Waals surface area contributed by atoms with Crippen LogP contribution in [-0.4, -0.2) is 23.8 Å². The van der Waals surface area contributed by atoms with Gasteiger partial charge in [-0.05, 0) is 12.1 Å². The highest BCUT2D eigenvalue weighted by Gasteiger charge is 2.38. The molecule has 3 rings (SSSR count). The van der Waals surface area contributed by atoms with E-state index in [1.165, 1.54) is 5.06 Å². The smallest absolute Gasteiger partial charge is 0.284 e. The van der Waals surface area contributed by atoms with Crippen LogP contribution in [0.4, 0.5) is 0 Å². The van der Waals surface area contributed by atoms with Crippen LogP contribution in [0.5, 0.6) is 5.75 Å². The van der Waals surface area contributed by atoms with Gasteiger partial charge in [-0.15, -0.1) is 0 Å². The molecule has 1 fully saturated rings. The SMILES string of the molecule is O=C1c2ccccc2O[C@@H]2CCON12. The van der Waals surface area contributed by atoms with Gasteiger partial charge in [0.1, 0.15) is 5.75 Å². The number of nitrogens with zero attached hydrogens (tertiary/aromatic N) is 1. The number of fused-ring (bicyclic) bond motifs is 2. The highest BCUT2D eigenvalue weighted by Crippen LogP contribution is 2.31. The molecule has 0 radical (unpaired) electrons. The van der Waals surface area contributed by atoms with Crippen LogP contribution >= 0.6 is 0 Å². The Morgan fingerprint density at radius 3 is 3.14 bits per heavy atom. The largest absolute Gasteiger partial charge is 0.467 e. The minimum Gasteiger partial charge on any atom is -0.467 e. The van der Waals surface area contributed by atoms with E-state index >= 15 is 0 Å². The highest BCUT2D eigenvalue weighted by molar-refractivity contribution is 5.97. The van der Waals surface area contributed by atoms with Crippen molar-refractivity contribution in [1.29, 1.82) is 0 Å². The van der Waals surface area contributed by atoms with Gasteiger partial charge in [0.05, 0.1) is 12.2 Å². The molecule has 0 aromatic heterocycles. The Bertz CT molecular complexity index is 391. The second kappa shape index (κ2) is 2.72. The molecule has 0 bridgehead atoms. The molecule has 1 atom stereocenters. The van der Waals surface area contributed by atoms with E-state index in [1.807, 2.05) is 18.2 Å². The summed E-state index contributed by atoms with van der Waals surface area (Å²) < 4.78 is 5.61. The second-order valence-electron chi connectivity index (χ2n) is 3.32. The number of carbonyl (C=O) groups excluding carboxylic acids is 1. The summed E-state index contributed by atoms with van der Waals surface area (Å²) >= 11 is 0. The van der Waals surface area contributed by atoms with Crippen LogP contribution in [0.3, 0.4) is 0 Å². The van der Waals surface area contributed by atoms with E-state index in [0.29, 0.717) is 17.9 Å². The van der Waals surface area contributed by atoms with E-state index in [-0.39, 0.29) is 12.1 Å². The predicted octanol–water partition coefficient (Wildman–Crippen LogP) is 1.18. The third kappa shape index (κ3) is 0.943. The number of rotatable bonds is 0. The zero-order valence-corrected chi connectivity index (χ0v) is 7.47. The molecule has 1 aromatic carbocycles. The van der Waals surface area contributed by atoms with Crippen LogP contribution in [0.15, 0.2) is 24.3 Å². The molecule has 0 aliphatic carbocycles. The van der Waals surface area contributed by atoms with Crippen molar-refractivity contribution in [3.63, 3.8) is 0 Å². The first-order chi connectivity index (χ1) is 6.86. The lowest BCUT2D eigenvalue weighted by molar-refractivity contribution is -0.140. The first kappa shape index (κ1) is 7.82. The van der Waals surface area contributed by atoms with Crippen molar-refractivity contribution < 1.29 is 14.4 Å². The first-order valence-corrected chi connectivity index (χ1v) is 4.58. The number of hydrogen-bond acceptors (Lipinski definition) is 3. The summed E-state index contributed by atoms with van der Waals surface area (Å²) in [4.78, 5) is 17.0. The molecule has 1 aromatic rings. The van der Waals surface area contributed by atoms with Gasteiger partial charge in [0.15, 0.2) is 0 Å². The molecule has 2 aliphatic rings. The lowest BCUT2D eigenvalue weighted by Crippen LogP contribution is -2.42. The molecule has 4 nitrogen and oxygen atoms in total. The van der Waals surface area contributed by atoms with Crippen molar-refractivity contribution in [2.75, 3.05) is 6.61 Å². The van der Waals surface area contributed by atoms with Crippen LogP contribution < -0.4 is 4.74 Å². The van der Waals surface area contributed by atoms with E-state index < -0.39 is 0 Å². The average molecular weight is 191 g/mol. The van der Waals surface area contributed by atoms with E-state index in [1.54, 1.807) is 6.07 Å². The van der Waals surface area contributed by atoms with Crippen LogP contribution in [0, 0.1) is 0 Å². The number of benzene rings is 1. The van der Waals surface area contributed by atoms with Crippen molar-refractivity contribution in [3.8, 4) is 5.75 Å². The fourth-order valence-electron chi connectivity index (χ4n) is 1.76. The fourth-order valence-corrected chi connectivity index (χ4v) is 1.76. The molecule has 2 aliphatic heterocycles. The van der Waals surface area contributed by atoms with Crippen LogP contribution in [-0.2, 0) is 4.84 Å². The molecule has 0 unspecified atom stereocenters. The topological polar surface area (TPSA) is 38.8 Å².